The molecule has 35 heavy (non-hydrogen) atoms. The van der Waals surface area contributed by atoms with Crippen molar-refractivity contribution < 1.29 is 19.1 Å². The number of carboxylic acid groups (broad SMARTS) is 1. The van der Waals surface area contributed by atoms with Crippen LogP contribution in [0.5, 0.6) is 0 Å². The molecule has 0 saturated heterocycles. The summed E-state index contributed by atoms with van der Waals surface area (Å²) >= 11 is 6.30. The highest BCUT2D eigenvalue weighted by Gasteiger charge is 2.38. The largest absolute Gasteiger partial charge is 0.480 e. The van der Waals surface area contributed by atoms with Gasteiger partial charge in [-0.2, -0.15) is 0 Å². The Hall–Kier alpha value is -3.59. The molecule has 0 fully saturated rings. The van der Waals surface area contributed by atoms with Crippen molar-refractivity contribution in [2.24, 2.45) is 5.41 Å². The summed E-state index contributed by atoms with van der Waals surface area (Å²) in [6.07, 6.45) is 0. The normalized spacial score (nSPS) is 15.3. The zero-order valence-corrected chi connectivity index (χ0v) is 20.7. The van der Waals surface area contributed by atoms with Crippen LogP contribution in [0.4, 0.5) is 17.1 Å². The van der Waals surface area contributed by atoms with Gasteiger partial charge in [-0.25, -0.2) is 4.79 Å². The van der Waals surface area contributed by atoms with E-state index >= 15 is 0 Å². The van der Waals surface area contributed by atoms with Crippen LogP contribution in [0.1, 0.15) is 61.2 Å². The number of carboxylic acids is 1. The van der Waals surface area contributed by atoms with Crippen molar-refractivity contribution >= 4 is 40.5 Å². The molecule has 3 aromatic rings. The average molecular weight is 500 g/mol. The molecule has 0 bridgehead atoms. The summed E-state index contributed by atoms with van der Waals surface area (Å²) in [7, 11) is 0. The summed E-state index contributed by atoms with van der Waals surface area (Å²) in [5, 5.41) is 15.8. The van der Waals surface area contributed by atoms with E-state index in [9.17, 15) is 24.3 Å². The minimum atomic E-state index is -1.15. The Bertz CT molecular complexity index is 1410. The number of nitrogens with zero attached hydrogens (tertiary/aromatic N) is 1. The second-order valence-corrected chi connectivity index (χ2v) is 10.2. The number of hydrogen-bond donors (Lipinski definition) is 3. The number of aliphatic carboxylic acids is 1. The molecule has 3 N–H and O–H groups in total. The van der Waals surface area contributed by atoms with Crippen LogP contribution in [-0.4, -0.2) is 27.9 Å². The van der Waals surface area contributed by atoms with E-state index in [-0.39, 0.29) is 34.6 Å². The third-order valence-electron chi connectivity index (χ3n) is 6.25. The highest BCUT2D eigenvalue weighted by molar-refractivity contribution is 6.32. The molecule has 1 unspecified atom stereocenters. The van der Waals surface area contributed by atoms with Gasteiger partial charge in [-0.05, 0) is 43.5 Å². The number of amides is 1. The van der Waals surface area contributed by atoms with Gasteiger partial charge >= 0.3 is 5.97 Å². The quantitative estimate of drug-likeness (QED) is 0.412. The fraction of sp³-hybridized carbons (Fsp3) is 0.360. The topological polar surface area (TPSA) is 129 Å². The highest BCUT2D eigenvalue weighted by Crippen LogP contribution is 2.40. The molecule has 2 heterocycles. The lowest BCUT2D eigenvalue weighted by atomic mass is 9.85. The Balaban J connectivity index is 1.70. The maximum atomic E-state index is 13.1. The van der Waals surface area contributed by atoms with E-state index in [1.165, 1.54) is 17.9 Å². The lowest BCUT2D eigenvalue weighted by Crippen LogP contribution is -2.40. The average Bonchev–Trinajstić information content (AvgIpc) is 3.36. The number of carbonyl (C=O) groups is 2. The lowest BCUT2D eigenvalue weighted by Gasteiger charge is -2.31. The zero-order chi connectivity index (χ0) is 25.8. The Morgan fingerprint density at radius 2 is 1.77 bits per heavy atom. The van der Waals surface area contributed by atoms with E-state index in [4.69, 9.17) is 16.0 Å². The second kappa shape index (κ2) is 8.57. The van der Waals surface area contributed by atoms with E-state index in [1.54, 1.807) is 6.07 Å². The molecule has 1 amide bonds. The van der Waals surface area contributed by atoms with Crippen LogP contribution >= 0.6 is 11.6 Å². The van der Waals surface area contributed by atoms with Crippen molar-refractivity contribution in [3.05, 3.63) is 72.4 Å². The minimum absolute atomic E-state index is 0.0228. The number of furan rings is 1. The summed E-state index contributed by atoms with van der Waals surface area (Å²) in [4.78, 5) is 50.8. The maximum absolute atomic E-state index is 13.1. The molecule has 1 aliphatic rings. The van der Waals surface area contributed by atoms with Gasteiger partial charge in [0, 0.05) is 17.1 Å². The third-order valence-corrected chi connectivity index (χ3v) is 6.61. The predicted octanol–water partition coefficient (Wildman–Crippen LogP) is 4.21. The molecular formula is C25H26ClN3O6. The van der Waals surface area contributed by atoms with Crippen molar-refractivity contribution in [1.82, 2.24) is 4.90 Å². The first-order valence-corrected chi connectivity index (χ1v) is 11.5. The Labute approximate surface area is 206 Å². The first-order chi connectivity index (χ1) is 16.3. The van der Waals surface area contributed by atoms with Crippen LogP contribution in [0.15, 0.2) is 38.3 Å². The van der Waals surface area contributed by atoms with Gasteiger partial charge in [-0.1, -0.05) is 32.4 Å². The van der Waals surface area contributed by atoms with Gasteiger partial charge in [0.2, 0.25) is 0 Å². The number of nitrogens with one attached hydrogen (secondary N) is 2. The number of rotatable bonds is 7. The number of hydrogen-bond acceptors (Lipinski definition) is 7. The van der Waals surface area contributed by atoms with Gasteiger partial charge in [0.15, 0.2) is 0 Å². The van der Waals surface area contributed by atoms with Gasteiger partial charge in [0.05, 0.1) is 17.3 Å². The summed E-state index contributed by atoms with van der Waals surface area (Å²) < 4.78 is 5.78. The van der Waals surface area contributed by atoms with Crippen LogP contribution in [0, 0.1) is 12.3 Å². The predicted molar refractivity (Wildman–Crippen MR) is 132 cm³/mol. The summed E-state index contributed by atoms with van der Waals surface area (Å²) in [6, 6.07) is 5.26. The van der Waals surface area contributed by atoms with E-state index in [0.29, 0.717) is 16.3 Å². The second-order valence-electron chi connectivity index (χ2n) is 9.82. The molecule has 0 radical (unpaired) electrons. The molecule has 0 saturated carbocycles. The molecule has 10 heteroatoms. The van der Waals surface area contributed by atoms with Crippen LogP contribution in [0.3, 0.4) is 0 Å². The fourth-order valence-electron chi connectivity index (χ4n) is 4.21. The monoisotopic (exact) mass is 499 g/mol. The van der Waals surface area contributed by atoms with Gasteiger partial charge in [-0.3, -0.25) is 14.4 Å². The summed E-state index contributed by atoms with van der Waals surface area (Å²) in [5.74, 6) is -0.330. The molecular weight excluding hydrogens is 474 g/mol. The van der Waals surface area contributed by atoms with E-state index in [2.05, 4.69) is 10.6 Å². The number of fused-ring (bicyclic) bond motifs is 1. The lowest BCUT2D eigenvalue weighted by molar-refractivity contribution is -0.141. The van der Waals surface area contributed by atoms with Crippen molar-refractivity contribution in [3.8, 4) is 0 Å². The van der Waals surface area contributed by atoms with Crippen molar-refractivity contribution in [2.75, 3.05) is 10.6 Å². The van der Waals surface area contributed by atoms with Gasteiger partial charge in [0.25, 0.3) is 16.8 Å². The molecule has 4 rings (SSSR count). The SMILES string of the molecule is Cc1ccc([C@H](Nc2c(Nc3ccc(Cl)c4c3C(=O)N(C(C)C(=O)O)C4)c(=O)c2=O)C(C)(C)C)o1. The Kier molecular flexibility index (Phi) is 6.00. The number of anilines is 3. The van der Waals surface area contributed by atoms with Gasteiger partial charge in [-0.15, -0.1) is 0 Å². The first-order valence-electron chi connectivity index (χ1n) is 11.1. The van der Waals surface area contributed by atoms with Crippen molar-refractivity contribution in [3.63, 3.8) is 0 Å². The van der Waals surface area contributed by atoms with Gasteiger partial charge in [0.1, 0.15) is 28.9 Å². The first kappa shape index (κ1) is 24.5. The molecule has 1 aromatic heterocycles. The molecule has 0 aliphatic carbocycles. The van der Waals surface area contributed by atoms with Crippen LogP contribution in [0.25, 0.3) is 0 Å². The van der Waals surface area contributed by atoms with Crippen LogP contribution in [-0.2, 0) is 11.3 Å². The van der Waals surface area contributed by atoms with Crippen LogP contribution in [0.2, 0.25) is 5.02 Å². The maximum Gasteiger partial charge on any atom is 0.326 e. The molecule has 0 spiro atoms. The minimum Gasteiger partial charge on any atom is -0.480 e. The van der Waals surface area contributed by atoms with E-state index in [1.807, 2.05) is 39.8 Å². The standard InChI is InChI=1S/C25H26ClN3O6/c1-11-6-9-16(35-11)22(25(3,4)5)28-19-18(20(30)21(19)31)27-15-8-7-14(26)13-10-29(12(2)24(33)34)23(32)17(13)15/h6-9,12,22,27-28H,10H2,1-5H3,(H,33,34)/t12?,22-/m0/s1. The molecule has 184 valence electrons. The molecule has 2 aromatic carbocycles. The van der Waals surface area contributed by atoms with Gasteiger partial charge < -0.3 is 25.1 Å². The molecule has 9 nitrogen and oxygen atoms in total. The smallest absolute Gasteiger partial charge is 0.326 e. The van der Waals surface area contributed by atoms with E-state index in [0.717, 1.165) is 5.76 Å². The number of benzene rings is 1. The van der Waals surface area contributed by atoms with Crippen molar-refractivity contribution in [1.29, 1.82) is 0 Å². The molecule has 1 aliphatic heterocycles. The Morgan fingerprint density at radius 3 is 2.34 bits per heavy atom. The Morgan fingerprint density at radius 1 is 1.11 bits per heavy atom. The fourth-order valence-corrected chi connectivity index (χ4v) is 4.43. The number of aryl methyl sites for hydroxylation is 1. The molecule has 2 atom stereocenters. The van der Waals surface area contributed by atoms with Crippen LogP contribution < -0.4 is 21.5 Å². The van der Waals surface area contributed by atoms with E-state index < -0.39 is 34.8 Å². The zero-order valence-electron chi connectivity index (χ0n) is 20.0. The van der Waals surface area contributed by atoms with Crippen molar-refractivity contribution in [2.45, 2.75) is 53.2 Å². The number of carbonyl (C=O) groups excluding carboxylic acids is 1. The number of halogens is 1. The highest BCUT2D eigenvalue weighted by atomic mass is 35.5. The third kappa shape index (κ3) is 4.20. The summed E-state index contributed by atoms with van der Waals surface area (Å²) in [5.41, 5.74) is -0.745. The summed E-state index contributed by atoms with van der Waals surface area (Å²) in [6.45, 7) is 9.18.